The fraction of sp³-hybridized carbons (Fsp3) is 0.0667. The molecule has 0 fully saturated rings. The molecule has 2 nitrogen and oxygen atoms in total. The molecule has 5 aromatic rings. The number of aromatic nitrogens is 1. The lowest BCUT2D eigenvalue weighted by Gasteiger charge is -2.23. The zero-order valence-corrected chi connectivity index (χ0v) is 17.5. The van der Waals surface area contributed by atoms with Crippen LogP contribution in [0.1, 0.15) is 17.0 Å². The second-order valence-corrected chi connectivity index (χ2v) is 8.59. The molecule has 2 unspecified atom stereocenters. The Kier molecular flexibility index (Phi) is 3.71. The molecule has 32 heavy (non-hydrogen) atoms. The van der Waals surface area contributed by atoms with Crippen molar-refractivity contribution in [3.05, 3.63) is 120 Å². The smallest absolute Gasteiger partial charge is 0.135 e. The number of ether oxygens (including phenoxy) is 1. The summed E-state index contributed by atoms with van der Waals surface area (Å²) in [5.41, 5.74) is 8.38. The molecule has 2 aliphatic rings. The van der Waals surface area contributed by atoms with Gasteiger partial charge >= 0.3 is 0 Å². The van der Waals surface area contributed by atoms with Crippen LogP contribution in [-0.2, 0) is 0 Å². The molecule has 1 N–H and O–H groups in total. The van der Waals surface area contributed by atoms with Crippen molar-refractivity contribution in [3.63, 3.8) is 0 Å². The molecule has 0 bridgehead atoms. The predicted molar refractivity (Wildman–Crippen MR) is 132 cm³/mol. The minimum Gasteiger partial charge on any atom is -0.484 e. The topological polar surface area (TPSA) is 25.0 Å². The van der Waals surface area contributed by atoms with Gasteiger partial charge in [0.25, 0.3) is 0 Å². The van der Waals surface area contributed by atoms with Gasteiger partial charge in [0.05, 0.1) is 0 Å². The van der Waals surface area contributed by atoms with Crippen molar-refractivity contribution in [1.82, 2.24) is 4.98 Å². The third-order valence-corrected chi connectivity index (χ3v) is 6.80. The third-order valence-electron chi connectivity index (χ3n) is 6.80. The normalized spacial score (nSPS) is 18.9. The summed E-state index contributed by atoms with van der Waals surface area (Å²) in [6.45, 7) is 0. The highest BCUT2D eigenvalue weighted by molar-refractivity contribution is 6.08. The molecule has 1 aliphatic heterocycles. The fourth-order valence-corrected chi connectivity index (χ4v) is 5.29. The average Bonchev–Trinajstić information content (AvgIpc) is 3.42. The van der Waals surface area contributed by atoms with Gasteiger partial charge in [0.2, 0.25) is 0 Å². The van der Waals surface area contributed by atoms with Crippen molar-refractivity contribution >= 4 is 27.4 Å². The molecule has 0 saturated carbocycles. The minimum atomic E-state index is 0.00959. The van der Waals surface area contributed by atoms with E-state index in [2.05, 4.69) is 114 Å². The van der Waals surface area contributed by atoms with E-state index in [4.69, 9.17) is 4.74 Å². The van der Waals surface area contributed by atoms with Crippen LogP contribution in [0.25, 0.3) is 38.5 Å². The first-order chi connectivity index (χ1) is 15.9. The maximum atomic E-state index is 6.70. The van der Waals surface area contributed by atoms with E-state index >= 15 is 0 Å². The first-order valence-corrected chi connectivity index (χ1v) is 11.1. The molecule has 0 spiro atoms. The second kappa shape index (κ2) is 6.73. The lowest BCUT2D eigenvalue weighted by atomic mass is 9.84. The van der Waals surface area contributed by atoms with Crippen LogP contribution in [0.15, 0.2) is 109 Å². The van der Waals surface area contributed by atoms with Crippen LogP contribution in [0.4, 0.5) is 0 Å². The van der Waals surface area contributed by atoms with Gasteiger partial charge in [-0.2, -0.15) is 0 Å². The van der Waals surface area contributed by atoms with E-state index in [1.54, 1.807) is 0 Å². The Morgan fingerprint density at radius 3 is 2.47 bits per heavy atom. The minimum absolute atomic E-state index is 0.00959. The molecule has 0 amide bonds. The van der Waals surface area contributed by atoms with Gasteiger partial charge in [0.15, 0.2) is 0 Å². The van der Waals surface area contributed by atoms with Crippen molar-refractivity contribution in [1.29, 1.82) is 0 Å². The zero-order valence-electron chi connectivity index (χ0n) is 17.5. The monoisotopic (exact) mass is 411 g/mol. The number of fused-ring (bicyclic) bond motifs is 6. The Morgan fingerprint density at radius 1 is 0.688 bits per heavy atom. The summed E-state index contributed by atoms with van der Waals surface area (Å²) in [5.74, 6) is 1.24. The highest BCUT2D eigenvalue weighted by atomic mass is 16.5. The number of rotatable bonds is 2. The van der Waals surface area contributed by atoms with Gasteiger partial charge in [-0.15, -0.1) is 0 Å². The van der Waals surface area contributed by atoms with Crippen LogP contribution < -0.4 is 4.74 Å². The number of H-pyrrole nitrogens is 1. The van der Waals surface area contributed by atoms with Crippen LogP contribution in [0.5, 0.6) is 5.75 Å². The van der Waals surface area contributed by atoms with Gasteiger partial charge in [0.1, 0.15) is 11.9 Å². The van der Waals surface area contributed by atoms with Gasteiger partial charge in [-0.1, -0.05) is 97.1 Å². The Morgan fingerprint density at radius 2 is 1.53 bits per heavy atom. The van der Waals surface area contributed by atoms with Crippen LogP contribution in [0.3, 0.4) is 0 Å². The highest BCUT2D eigenvalue weighted by Gasteiger charge is 2.38. The molecular weight excluding hydrogens is 390 g/mol. The Hall–Kier alpha value is -4.04. The standard InChI is InChI=1S/C30H21NO/c1-2-8-19(9-3-1)21-11-6-13-25-26-14-7-12-22(30(26)32-29(21)25)20-16-17-24-23-10-4-5-15-27(23)31-28(24)18-20/h1-18,25,29,31H. The first kappa shape index (κ1) is 17.6. The molecule has 2 heterocycles. The highest BCUT2D eigenvalue weighted by Crippen LogP contribution is 2.50. The predicted octanol–water partition coefficient (Wildman–Crippen LogP) is 7.49. The van der Waals surface area contributed by atoms with Crippen molar-refractivity contribution in [3.8, 4) is 16.9 Å². The quantitative estimate of drug-likeness (QED) is 0.320. The number of para-hydroxylation sites is 2. The van der Waals surface area contributed by atoms with Crippen molar-refractivity contribution in [2.45, 2.75) is 12.0 Å². The summed E-state index contributed by atoms with van der Waals surface area (Å²) in [6, 6.07) is 32.3. The van der Waals surface area contributed by atoms with Crippen molar-refractivity contribution in [2.24, 2.45) is 0 Å². The molecule has 4 aromatic carbocycles. The number of nitrogens with one attached hydrogen (secondary N) is 1. The molecule has 2 atom stereocenters. The van der Waals surface area contributed by atoms with Crippen LogP contribution in [-0.4, -0.2) is 11.1 Å². The number of hydrogen-bond donors (Lipinski definition) is 1. The molecule has 7 rings (SSSR count). The van der Waals surface area contributed by atoms with E-state index in [9.17, 15) is 0 Å². The molecule has 1 aliphatic carbocycles. The summed E-state index contributed by atoms with van der Waals surface area (Å²) in [5, 5.41) is 2.51. The fourth-order valence-electron chi connectivity index (χ4n) is 5.29. The van der Waals surface area contributed by atoms with Crippen molar-refractivity contribution in [2.75, 3.05) is 0 Å². The maximum Gasteiger partial charge on any atom is 0.135 e. The summed E-state index contributed by atoms with van der Waals surface area (Å²) in [6.07, 6.45) is 6.65. The van der Waals surface area contributed by atoms with Crippen LogP contribution in [0.2, 0.25) is 0 Å². The Balaban J connectivity index is 1.34. The average molecular weight is 412 g/mol. The number of benzene rings is 4. The molecule has 0 radical (unpaired) electrons. The zero-order chi connectivity index (χ0) is 21.1. The Labute approximate surface area is 186 Å². The number of hydrogen-bond acceptors (Lipinski definition) is 1. The summed E-state index contributed by atoms with van der Waals surface area (Å²) < 4.78 is 6.70. The number of allylic oxidation sites excluding steroid dienone is 2. The van der Waals surface area contributed by atoms with Gasteiger partial charge < -0.3 is 9.72 Å². The Bertz CT molecular complexity index is 1550. The summed E-state index contributed by atoms with van der Waals surface area (Å²) in [7, 11) is 0. The molecule has 2 heteroatoms. The van der Waals surface area contributed by atoms with E-state index < -0.39 is 0 Å². The van der Waals surface area contributed by atoms with E-state index in [1.807, 2.05) is 0 Å². The van der Waals surface area contributed by atoms with Gasteiger partial charge in [-0.3, -0.25) is 0 Å². The maximum absolute atomic E-state index is 6.70. The van der Waals surface area contributed by atoms with Crippen LogP contribution in [0, 0.1) is 0 Å². The van der Waals surface area contributed by atoms with E-state index in [0.717, 1.165) is 16.8 Å². The number of aromatic amines is 1. The molecule has 152 valence electrons. The SMILES string of the molecule is C1=CC2c3cccc(-c4ccc5c(c4)[nH]c4ccccc45)c3OC2C(c2ccccc2)=C1. The van der Waals surface area contributed by atoms with E-state index in [0.29, 0.717) is 0 Å². The van der Waals surface area contributed by atoms with E-state index in [-0.39, 0.29) is 12.0 Å². The largest absolute Gasteiger partial charge is 0.484 e. The lowest BCUT2D eigenvalue weighted by molar-refractivity contribution is 0.279. The lowest BCUT2D eigenvalue weighted by Crippen LogP contribution is -2.21. The van der Waals surface area contributed by atoms with Gasteiger partial charge in [-0.05, 0) is 23.3 Å². The first-order valence-electron chi connectivity index (χ1n) is 11.1. The third kappa shape index (κ3) is 2.53. The molecule has 1 aromatic heterocycles. The second-order valence-electron chi connectivity index (χ2n) is 8.59. The molecule has 0 saturated heterocycles. The summed E-state index contributed by atoms with van der Waals surface area (Å²) >= 11 is 0. The summed E-state index contributed by atoms with van der Waals surface area (Å²) in [4.78, 5) is 3.57. The van der Waals surface area contributed by atoms with Gasteiger partial charge in [-0.25, -0.2) is 0 Å². The van der Waals surface area contributed by atoms with E-state index in [1.165, 1.54) is 38.6 Å². The van der Waals surface area contributed by atoms with Gasteiger partial charge in [0, 0.05) is 44.4 Å². The van der Waals surface area contributed by atoms with Crippen LogP contribution >= 0.6 is 0 Å². The van der Waals surface area contributed by atoms with Crippen molar-refractivity contribution < 1.29 is 4.74 Å². The molecular formula is C30H21NO.